The highest BCUT2D eigenvalue weighted by Crippen LogP contribution is 2.22. The molecule has 1 N–H and O–H groups in total. The molecule has 1 fully saturated rings. The van der Waals surface area contributed by atoms with Crippen LogP contribution in [0.25, 0.3) is 0 Å². The average molecular weight is 567 g/mol. The molecule has 2 amide bonds. The largest absolute Gasteiger partial charge is 0.368 e. The zero-order valence-electron chi connectivity index (χ0n) is 22.8. The molecule has 1 saturated heterocycles. The molecule has 8 nitrogen and oxygen atoms in total. The van der Waals surface area contributed by atoms with Gasteiger partial charge in [-0.25, -0.2) is 12.8 Å². The highest BCUT2D eigenvalue weighted by molar-refractivity contribution is 7.89. The SMILES string of the molecule is CC(C)CC(=O)N1CCN(c2ccc(NC(=O)CN(Cc3ccc(F)cc3)S(=O)(=O)c3ccccc3)cc2)CC1. The molecule has 1 aliphatic heterocycles. The third-order valence-electron chi connectivity index (χ3n) is 6.70. The van der Waals surface area contributed by atoms with Crippen molar-refractivity contribution in [1.29, 1.82) is 0 Å². The second-order valence-corrected chi connectivity index (χ2v) is 12.2. The first-order chi connectivity index (χ1) is 19.1. The Morgan fingerprint density at radius 1 is 0.900 bits per heavy atom. The number of hydrogen-bond acceptors (Lipinski definition) is 5. The molecule has 40 heavy (non-hydrogen) atoms. The van der Waals surface area contributed by atoms with Crippen LogP contribution in [-0.2, 0) is 26.2 Å². The van der Waals surface area contributed by atoms with Gasteiger partial charge in [0.1, 0.15) is 5.82 Å². The lowest BCUT2D eigenvalue weighted by Gasteiger charge is -2.36. The molecule has 0 spiro atoms. The Bertz CT molecular complexity index is 1390. The summed E-state index contributed by atoms with van der Waals surface area (Å²) in [6, 6.07) is 20.8. The molecule has 0 unspecified atom stereocenters. The quantitative estimate of drug-likeness (QED) is 0.394. The first-order valence-electron chi connectivity index (χ1n) is 13.3. The van der Waals surface area contributed by atoms with E-state index in [0.29, 0.717) is 36.7 Å². The van der Waals surface area contributed by atoms with Crippen LogP contribution in [0, 0.1) is 11.7 Å². The van der Waals surface area contributed by atoms with Crippen molar-refractivity contribution >= 4 is 33.2 Å². The Morgan fingerprint density at radius 3 is 2.12 bits per heavy atom. The van der Waals surface area contributed by atoms with Crippen LogP contribution in [0.5, 0.6) is 0 Å². The highest BCUT2D eigenvalue weighted by Gasteiger charge is 2.27. The first kappa shape index (κ1) is 29.2. The number of rotatable bonds is 10. The number of anilines is 2. The zero-order valence-corrected chi connectivity index (χ0v) is 23.6. The highest BCUT2D eigenvalue weighted by atomic mass is 32.2. The molecule has 4 rings (SSSR count). The Hall–Kier alpha value is -3.76. The molecule has 0 aromatic heterocycles. The van der Waals surface area contributed by atoms with Gasteiger partial charge in [-0.05, 0) is 60.0 Å². The van der Waals surface area contributed by atoms with Gasteiger partial charge in [0.05, 0.1) is 11.4 Å². The summed E-state index contributed by atoms with van der Waals surface area (Å²) < 4.78 is 41.2. The number of carbonyl (C=O) groups is 2. The van der Waals surface area contributed by atoms with Crippen molar-refractivity contribution in [3.8, 4) is 0 Å². The van der Waals surface area contributed by atoms with E-state index in [4.69, 9.17) is 0 Å². The molecule has 1 heterocycles. The number of piperazine rings is 1. The van der Waals surface area contributed by atoms with Gasteiger partial charge in [0.2, 0.25) is 21.8 Å². The summed E-state index contributed by atoms with van der Waals surface area (Å²) in [4.78, 5) is 29.5. The minimum Gasteiger partial charge on any atom is -0.368 e. The van der Waals surface area contributed by atoms with Crippen LogP contribution in [-0.4, -0.2) is 62.2 Å². The zero-order chi connectivity index (χ0) is 28.7. The number of nitrogens with zero attached hydrogens (tertiary/aromatic N) is 3. The fourth-order valence-electron chi connectivity index (χ4n) is 4.57. The van der Waals surface area contributed by atoms with Crippen LogP contribution in [0.15, 0.2) is 83.8 Å². The maximum Gasteiger partial charge on any atom is 0.243 e. The predicted octanol–water partition coefficient (Wildman–Crippen LogP) is 4.35. The number of hydrogen-bond donors (Lipinski definition) is 1. The first-order valence-corrected chi connectivity index (χ1v) is 14.8. The van der Waals surface area contributed by atoms with Crippen molar-refractivity contribution in [1.82, 2.24) is 9.21 Å². The summed E-state index contributed by atoms with van der Waals surface area (Å²) >= 11 is 0. The lowest BCUT2D eigenvalue weighted by molar-refractivity contribution is -0.132. The van der Waals surface area contributed by atoms with E-state index in [1.54, 1.807) is 30.3 Å². The number of sulfonamides is 1. The molecule has 3 aromatic rings. The molecule has 0 aliphatic carbocycles. The molecule has 10 heteroatoms. The average Bonchev–Trinajstić information content (AvgIpc) is 2.94. The lowest BCUT2D eigenvalue weighted by Crippen LogP contribution is -2.49. The van der Waals surface area contributed by atoms with E-state index >= 15 is 0 Å². The summed E-state index contributed by atoms with van der Waals surface area (Å²) in [6.45, 7) is 6.38. The second-order valence-electron chi connectivity index (χ2n) is 10.3. The minimum atomic E-state index is -3.99. The van der Waals surface area contributed by atoms with Gasteiger partial charge in [-0.2, -0.15) is 4.31 Å². The van der Waals surface area contributed by atoms with Gasteiger partial charge in [-0.1, -0.05) is 44.2 Å². The molecule has 212 valence electrons. The molecule has 0 bridgehead atoms. The minimum absolute atomic E-state index is 0.0697. The van der Waals surface area contributed by atoms with E-state index < -0.39 is 28.3 Å². The Labute approximate surface area is 235 Å². The van der Waals surface area contributed by atoms with Gasteiger partial charge in [-0.15, -0.1) is 0 Å². The topological polar surface area (TPSA) is 90.0 Å². The van der Waals surface area contributed by atoms with Gasteiger partial charge in [-0.3, -0.25) is 9.59 Å². The lowest BCUT2D eigenvalue weighted by atomic mass is 10.1. The Morgan fingerprint density at radius 2 is 1.52 bits per heavy atom. The van der Waals surface area contributed by atoms with E-state index in [9.17, 15) is 22.4 Å². The van der Waals surface area contributed by atoms with Gasteiger partial charge in [0.25, 0.3) is 0 Å². The van der Waals surface area contributed by atoms with Gasteiger partial charge in [0.15, 0.2) is 0 Å². The van der Waals surface area contributed by atoms with Crippen LogP contribution in [0.2, 0.25) is 0 Å². The van der Waals surface area contributed by atoms with Crippen LogP contribution >= 0.6 is 0 Å². The molecular formula is C30H35FN4O4S. The van der Waals surface area contributed by atoms with Gasteiger partial charge in [0, 0.05) is 50.5 Å². The van der Waals surface area contributed by atoms with Crippen molar-refractivity contribution in [3.05, 3.63) is 90.2 Å². The number of nitrogens with one attached hydrogen (secondary N) is 1. The van der Waals surface area contributed by atoms with Crippen molar-refractivity contribution in [2.45, 2.75) is 31.7 Å². The number of amides is 2. The summed E-state index contributed by atoms with van der Waals surface area (Å²) in [5.74, 6) is -0.396. The third kappa shape index (κ3) is 7.67. The fraction of sp³-hybridized carbons (Fsp3) is 0.333. The molecule has 0 radical (unpaired) electrons. The van der Waals surface area contributed by atoms with Crippen molar-refractivity contribution in [3.63, 3.8) is 0 Å². The normalized spacial score (nSPS) is 14.0. The van der Waals surface area contributed by atoms with E-state index in [1.807, 2.05) is 30.9 Å². The molecule has 3 aromatic carbocycles. The van der Waals surface area contributed by atoms with E-state index in [1.165, 1.54) is 36.4 Å². The van der Waals surface area contributed by atoms with Crippen LogP contribution in [0.1, 0.15) is 25.8 Å². The Balaban J connectivity index is 1.39. The fourth-order valence-corrected chi connectivity index (χ4v) is 5.97. The predicted molar refractivity (Wildman–Crippen MR) is 154 cm³/mol. The van der Waals surface area contributed by atoms with Crippen LogP contribution < -0.4 is 10.2 Å². The standard InChI is InChI=1S/C30H35FN4O4S/c1-23(2)20-30(37)34-18-16-33(17-19-34)27-14-12-26(13-15-27)32-29(36)22-35(21-24-8-10-25(31)11-9-24)40(38,39)28-6-4-3-5-7-28/h3-15,23H,16-22H2,1-2H3,(H,32,36). The van der Waals surface area contributed by atoms with Gasteiger partial charge < -0.3 is 15.1 Å². The van der Waals surface area contributed by atoms with Gasteiger partial charge >= 0.3 is 0 Å². The summed E-state index contributed by atoms with van der Waals surface area (Å²) in [5.41, 5.74) is 2.08. The van der Waals surface area contributed by atoms with E-state index in [0.717, 1.165) is 23.1 Å². The monoisotopic (exact) mass is 566 g/mol. The summed E-state index contributed by atoms with van der Waals surface area (Å²) in [6.07, 6.45) is 0.558. The molecule has 0 atom stereocenters. The van der Waals surface area contributed by atoms with E-state index in [2.05, 4.69) is 10.2 Å². The maximum absolute atomic E-state index is 13.4. The number of benzene rings is 3. The van der Waals surface area contributed by atoms with E-state index in [-0.39, 0.29) is 17.3 Å². The summed E-state index contributed by atoms with van der Waals surface area (Å²) in [5, 5.41) is 2.78. The summed E-state index contributed by atoms with van der Waals surface area (Å²) in [7, 11) is -3.99. The number of halogens is 1. The third-order valence-corrected chi connectivity index (χ3v) is 8.51. The molecular weight excluding hydrogens is 531 g/mol. The van der Waals surface area contributed by atoms with Crippen molar-refractivity contribution < 1.29 is 22.4 Å². The molecule has 0 saturated carbocycles. The van der Waals surface area contributed by atoms with Crippen LogP contribution in [0.4, 0.5) is 15.8 Å². The maximum atomic E-state index is 13.4. The smallest absolute Gasteiger partial charge is 0.243 e. The second kappa shape index (κ2) is 13.1. The molecule has 1 aliphatic rings. The van der Waals surface area contributed by atoms with Crippen molar-refractivity contribution in [2.75, 3.05) is 42.9 Å². The van der Waals surface area contributed by atoms with Crippen molar-refractivity contribution in [2.24, 2.45) is 5.92 Å². The van der Waals surface area contributed by atoms with Crippen LogP contribution in [0.3, 0.4) is 0 Å². The number of carbonyl (C=O) groups excluding carboxylic acids is 2. The Kier molecular flexibility index (Phi) is 9.54.